The van der Waals surface area contributed by atoms with Crippen LogP contribution in [0.25, 0.3) is 11.7 Å². The summed E-state index contributed by atoms with van der Waals surface area (Å²) in [7, 11) is 0. The second-order valence-corrected chi connectivity index (χ2v) is 7.56. The van der Waals surface area contributed by atoms with E-state index >= 15 is 0 Å². The van der Waals surface area contributed by atoms with Gasteiger partial charge in [0.2, 0.25) is 0 Å². The van der Waals surface area contributed by atoms with Crippen LogP contribution >= 0.6 is 0 Å². The fourth-order valence-electron chi connectivity index (χ4n) is 3.96. The van der Waals surface area contributed by atoms with Gasteiger partial charge in [0.25, 0.3) is 11.5 Å². The molecule has 4 heterocycles. The second-order valence-electron chi connectivity index (χ2n) is 7.56. The zero-order valence-corrected chi connectivity index (χ0v) is 16.9. The number of carbonyl (C=O) groups excluding carboxylic acids is 1. The highest BCUT2D eigenvalue weighted by Crippen LogP contribution is 2.23. The zero-order chi connectivity index (χ0) is 20.9. The number of pyridine rings is 1. The van der Waals surface area contributed by atoms with Gasteiger partial charge in [0.1, 0.15) is 23.1 Å². The summed E-state index contributed by atoms with van der Waals surface area (Å²) in [6.45, 7) is 3.37. The summed E-state index contributed by atoms with van der Waals surface area (Å²) in [5.41, 5.74) is 0.515. The molecule has 156 valence electrons. The first-order chi connectivity index (χ1) is 14.7. The van der Waals surface area contributed by atoms with Gasteiger partial charge in [0.05, 0.1) is 18.8 Å². The molecule has 0 unspecified atom stereocenters. The van der Waals surface area contributed by atoms with E-state index in [1.54, 1.807) is 23.2 Å². The molecule has 8 heteroatoms. The first-order valence-electron chi connectivity index (χ1n) is 10.4. The average Bonchev–Trinajstić information content (AvgIpc) is 3.08. The molecule has 2 aromatic rings. The number of nitrogens with zero attached hydrogens (tertiary/aromatic N) is 5. The van der Waals surface area contributed by atoms with Crippen LogP contribution in [0.5, 0.6) is 0 Å². The summed E-state index contributed by atoms with van der Waals surface area (Å²) >= 11 is 0. The number of morpholine rings is 1. The lowest BCUT2D eigenvalue weighted by Gasteiger charge is -2.26. The van der Waals surface area contributed by atoms with E-state index < -0.39 is 0 Å². The number of amides is 1. The zero-order valence-electron chi connectivity index (χ0n) is 16.9. The van der Waals surface area contributed by atoms with Crippen LogP contribution in [0.2, 0.25) is 0 Å². The predicted molar refractivity (Wildman–Crippen MR) is 113 cm³/mol. The minimum atomic E-state index is -0.375. The van der Waals surface area contributed by atoms with Crippen molar-refractivity contribution in [1.82, 2.24) is 14.3 Å². The Bertz CT molecular complexity index is 1050. The third-order valence-corrected chi connectivity index (χ3v) is 5.59. The highest BCUT2D eigenvalue weighted by Gasteiger charge is 2.24. The Labute approximate surface area is 175 Å². The van der Waals surface area contributed by atoms with Crippen LogP contribution in [0, 0.1) is 11.3 Å². The smallest absolute Gasteiger partial charge is 0.267 e. The van der Waals surface area contributed by atoms with Crippen LogP contribution < -0.4 is 10.5 Å². The van der Waals surface area contributed by atoms with E-state index in [0.29, 0.717) is 43.3 Å². The fourth-order valence-corrected chi connectivity index (χ4v) is 3.96. The quantitative estimate of drug-likeness (QED) is 0.570. The van der Waals surface area contributed by atoms with Gasteiger partial charge < -0.3 is 14.5 Å². The van der Waals surface area contributed by atoms with Crippen molar-refractivity contribution >= 4 is 23.4 Å². The van der Waals surface area contributed by atoms with Gasteiger partial charge in [-0.3, -0.25) is 14.0 Å². The Morgan fingerprint density at radius 2 is 1.83 bits per heavy atom. The summed E-state index contributed by atoms with van der Waals surface area (Å²) in [6.07, 6.45) is 7.42. The maximum atomic E-state index is 13.3. The Morgan fingerprint density at radius 3 is 2.53 bits per heavy atom. The van der Waals surface area contributed by atoms with Crippen LogP contribution in [0.4, 0.5) is 5.82 Å². The van der Waals surface area contributed by atoms with E-state index in [-0.39, 0.29) is 17.0 Å². The van der Waals surface area contributed by atoms with E-state index in [4.69, 9.17) is 9.72 Å². The van der Waals surface area contributed by atoms with Gasteiger partial charge in [0.15, 0.2) is 0 Å². The molecule has 0 radical (unpaired) electrons. The van der Waals surface area contributed by atoms with Crippen molar-refractivity contribution < 1.29 is 9.53 Å². The van der Waals surface area contributed by atoms with E-state index in [1.807, 2.05) is 12.1 Å². The van der Waals surface area contributed by atoms with Gasteiger partial charge >= 0.3 is 0 Å². The van der Waals surface area contributed by atoms with Crippen molar-refractivity contribution in [2.24, 2.45) is 0 Å². The standard InChI is InChI=1S/C22H25N5O3/c23-16-17(21(28)26-11-13-30-14-12-26)15-18-20(25-8-4-1-2-5-9-25)24-19-7-3-6-10-27(19)22(18)29/h3,6-7,10,15H,1-2,4-5,8-9,11-14H2. The van der Waals surface area contributed by atoms with Gasteiger partial charge in [0, 0.05) is 32.4 Å². The molecule has 0 bridgehead atoms. The van der Waals surface area contributed by atoms with Gasteiger partial charge in [-0.05, 0) is 31.1 Å². The maximum absolute atomic E-state index is 13.3. The molecule has 0 N–H and O–H groups in total. The Kier molecular flexibility index (Phi) is 6.10. The molecule has 0 atom stereocenters. The number of anilines is 1. The number of ether oxygens (including phenoxy) is 1. The molecule has 0 saturated carbocycles. The van der Waals surface area contributed by atoms with Crippen LogP contribution in [-0.4, -0.2) is 59.6 Å². The topological polar surface area (TPSA) is 90.9 Å². The molecule has 0 aromatic carbocycles. The molecule has 4 rings (SSSR count). The van der Waals surface area contributed by atoms with Gasteiger partial charge in [-0.1, -0.05) is 18.9 Å². The number of carbonyl (C=O) groups is 1. The molecule has 0 aliphatic carbocycles. The minimum absolute atomic E-state index is 0.0530. The summed E-state index contributed by atoms with van der Waals surface area (Å²) < 4.78 is 6.75. The third-order valence-electron chi connectivity index (χ3n) is 5.59. The monoisotopic (exact) mass is 407 g/mol. The summed E-state index contributed by atoms with van der Waals surface area (Å²) in [4.78, 5) is 34.7. The van der Waals surface area contributed by atoms with E-state index in [0.717, 1.165) is 38.8 Å². The highest BCUT2D eigenvalue weighted by atomic mass is 16.5. The van der Waals surface area contributed by atoms with E-state index in [1.165, 1.54) is 10.5 Å². The van der Waals surface area contributed by atoms with Crippen LogP contribution in [-0.2, 0) is 9.53 Å². The Balaban J connectivity index is 1.82. The summed E-state index contributed by atoms with van der Waals surface area (Å²) in [6, 6.07) is 7.39. The first kappa shape index (κ1) is 20.1. The van der Waals surface area contributed by atoms with Crippen LogP contribution in [0.15, 0.2) is 34.8 Å². The van der Waals surface area contributed by atoms with Crippen molar-refractivity contribution in [3.8, 4) is 6.07 Å². The molecular weight excluding hydrogens is 382 g/mol. The van der Waals surface area contributed by atoms with Crippen molar-refractivity contribution in [3.05, 3.63) is 45.9 Å². The second kappa shape index (κ2) is 9.09. The molecule has 2 fully saturated rings. The molecule has 30 heavy (non-hydrogen) atoms. The van der Waals surface area contributed by atoms with Crippen LogP contribution in [0.3, 0.4) is 0 Å². The third kappa shape index (κ3) is 4.07. The molecule has 2 saturated heterocycles. The molecule has 1 amide bonds. The lowest BCUT2D eigenvalue weighted by atomic mass is 10.1. The number of rotatable bonds is 3. The highest BCUT2D eigenvalue weighted by molar-refractivity contribution is 6.02. The number of aromatic nitrogens is 2. The minimum Gasteiger partial charge on any atom is -0.378 e. The summed E-state index contributed by atoms with van der Waals surface area (Å²) in [5, 5.41) is 9.70. The Morgan fingerprint density at radius 1 is 1.10 bits per heavy atom. The molecule has 0 spiro atoms. The number of hydrogen-bond donors (Lipinski definition) is 0. The number of hydrogen-bond acceptors (Lipinski definition) is 6. The molecule has 2 aromatic heterocycles. The van der Waals surface area contributed by atoms with Gasteiger partial charge in [-0.2, -0.15) is 5.26 Å². The van der Waals surface area contributed by atoms with Crippen molar-refractivity contribution in [1.29, 1.82) is 5.26 Å². The van der Waals surface area contributed by atoms with Crippen LogP contribution in [0.1, 0.15) is 31.2 Å². The van der Waals surface area contributed by atoms with Crippen molar-refractivity contribution in [2.45, 2.75) is 25.7 Å². The largest absolute Gasteiger partial charge is 0.378 e. The fraction of sp³-hybridized carbons (Fsp3) is 0.455. The van der Waals surface area contributed by atoms with Crippen molar-refractivity contribution in [2.75, 3.05) is 44.3 Å². The normalized spacial score (nSPS) is 18.2. The van der Waals surface area contributed by atoms with Gasteiger partial charge in [-0.15, -0.1) is 0 Å². The molecule has 8 nitrogen and oxygen atoms in total. The summed E-state index contributed by atoms with van der Waals surface area (Å²) in [5.74, 6) is 0.177. The lowest BCUT2D eigenvalue weighted by Crippen LogP contribution is -2.41. The predicted octanol–water partition coefficient (Wildman–Crippen LogP) is 1.84. The molecule has 2 aliphatic heterocycles. The Hall–Kier alpha value is -3.18. The first-order valence-corrected chi connectivity index (χ1v) is 10.4. The maximum Gasteiger partial charge on any atom is 0.267 e. The number of nitriles is 1. The van der Waals surface area contributed by atoms with Crippen molar-refractivity contribution in [3.63, 3.8) is 0 Å². The van der Waals surface area contributed by atoms with E-state index in [9.17, 15) is 14.9 Å². The average molecular weight is 407 g/mol. The number of fused-ring (bicyclic) bond motifs is 1. The SMILES string of the molecule is N#CC(=Cc1c(N2CCCCCC2)nc2ccccn2c1=O)C(=O)N1CCOCC1. The van der Waals surface area contributed by atoms with E-state index in [2.05, 4.69) is 4.90 Å². The molecule has 2 aliphatic rings. The van der Waals surface area contributed by atoms with Gasteiger partial charge in [-0.25, -0.2) is 4.98 Å². The molecular formula is C22H25N5O3. The lowest BCUT2D eigenvalue weighted by molar-refractivity contribution is -0.130.